The Morgan fingerprint density at radius 2 is 1.56 bits per heavy atom. The smallest absolute Gasteiger partial charge is 0.309 e. The van der Waals surface area contributed by atoms with E-state index >= 15 is 0 Å². The van der Waals surface area contributed by atoms with Crippen LogP contribution in [0.2, 0.25) is 0 Å². The Balaban J connectivity index is 1.67. The predicted octanol–water partition coefficient (Wildman–Crippen LogP) is 1.17. The van der Waals surface area contributed by atoms with Gasteiger partial charge in [0.2, 0.25) is 0 Å². The third-order valence-corrected chi connectivity index (χ3v) is 12.0. The van der Waals surface area contributed by atoms with Crippen molar-refractivity contribution in [2.24, 2.45) is 29.6 Å². The van der Waals surface area contributed by atoms with Gasteiger partial charge in [0.25, 0.3) is 0 Å². The number of nitrogens with zero attached hydrogens (tertiary/aromatic N) is 1. The third-order valence-electron chi connectivity index (χ3n) is 12.0. The number of rotatable bonds is 10. The Hall–Kier alpha value is -2.15. The quantitative estimate of drug-likeness (QED) is 0.182. The number of esters is 1. The molecule has 0 aromatic rings. The highest BCUT2D eigenvalue weighted by Gasteiger charge is 2.61. The summed E-state index contributed by atoms with van der Waals surface area (Å²) >= 11 is 0. The first kappa shape index (κ1) is 44.6. The van der Waals surface area contributed by atoms with Crippen molar-refractivity contribution < 1.29 is 68.0 Å². The summed E-state index contributed by atoms with van der Waals surface area (Å²) in [6.07, 6.45) is -4.41. The van der Waals surface area contributed by atoms with E-state index in [9.17, 15) is 34.8 Å². The van der Waals surface area contributed by atoms with Crippen molar-refractivity contribution in [3.8, 4) is 0 Å². The van der Waals surface area contributed by atoms with E-state index in [1.807, 2.05) is 19.9 Å². The Bertz CT molecular complexity index is 1340. The van der Waals surface area contributed by atoms with Crippen LogP contribution in [0.3, 0.4) is 0 Å². The zero-order valence-corrected chi connectivity index (χ0v) is 33.3. The molecule has 18 atom stereocenters. The second-order valence-corrected chi connectivity index (χ2v) is 15.8. The van der Waals surface area contributed by atoms with Crippen LogP contribution in [-0.2, 0) is 47.5 Å². The van der Waals surface area contributed by atoms with Gasteiger partial charge in [-0.2, -0.15) is 0 Å². The summed E-state index contributed by atoms with van der Waals surface area (Å²) in [5.41, 5.74) is -1.24. The van der Waals surface area contributed by atoms with Crippen LogP contribution in [0.4, 0.5) is 0 Å². The van der Waals surface area contributed by atoms with Gasteiger partial charge in [0.15, 0.2) is 18.4 Å². The Kier molecular flexibility index (Phi) is 15.6. The molecule has 0 aromatic heterocycles. The maximum Gasteiger partial charge on any atom is 0.309 e. The van der Waals surface area contributed by atoms with Crippen molar-refractivity contribution in [1.82, 2.24) is 4.90 Å². The molecule has 308 valence electrons. The maximum atomic E-state index is 13.9. The van der Waals surface area contributed by atoms with Crippen LogP contribution in [0.15, 0.2) is 23.8 Å². The van der Waals surface area contributed by atoms with E-state index in [1.54, 1.807) is 52.8 Å². The van der Waals surface area contributed by atoms with E-state index < -0.39 is 121 Å². The number of fused-ring (bicyclic) bond motifs is 2. The van der Waals surface area contributed by atoms with E-state index in [2.05, 4.69) is 0 Å². The van der Waals surface area contributed by atoms with Crippen LogP contribution in [0, 0.1) is 29.6 Å². The number of aliphatic hydroxyl groups excluding tert-OH is 3. The minimum Gasteiger partial charge on any atom is -0.462 e. The van der Waals surface area contributed by atoms with Crippen LogP contribution in [0.5, 0.6) is 0 Å². The van der Waals surface area contributed by atoms with Gasteiger partial charge in [-0.05, 0) is 59.7 Å². The van der Waals surface area contributed by atoms with Gasteiger partial charge in [0.05, 0.1) is 49.1 Å². The number of hydrogen-bond acceptors (Lipinski definition) is 15. The lowest BCUT2D eigenvalue weighted by Gasteiger charge is -2.45. The number of likely N-dealkylation sites (N-methyl/N-ethyl adjacent to an activating group) is 1. The molecule has 0 radical (unpaired) electrons. The summed E-state index contributed by atoms with van der Waals surface area (Å²) in [6, 6.07) is -0.735. The molecule has 2 bridgehead atoms. The zero-order chi connectivity index (χ0) is 40.2. The molecule has 54 heavy (non-hydrogen) atoms. The first-order valence-corrected chi connectivity index (χ1v) is 19.0. The second kappa shape index (κ2) is 18.9. The van der Waals surface area contributed by atoms with E-state index in [-0.39, 0.29) is 18.8 Å². The lowest BCUT2D eigenvalue weighted by atomic mass is 9.79. The number of carbonyl (C=O) groups is 3. The van der Waals surface area contributed by atoms with Crippen molar-refractivity contribution in [3.63, 3.8) is 0 Å². The normalized spacial score (nSPS) is 46.9. The number of methoxy groups -OCH3 is 2. The molecule has 2 saturated heterocycles. The number of hydrogen-bond donors (Lipinski definition) is 4. The summed E-state index contributed by atoms with van der Waals surface area (Å²) in [5, 5.41) is 45.1. The molecule has 15 heteroatoms. The lowest BCUT2D eigenvalue weighted by Crippen LogP contribution is -2.63. The van der Waals surface area contributed by atoms with E-state index in [4.69, 9.17) is 33.2 Å². The summed E-state index contributed by atoms with van der Waals surface area (Å²) in [4.78, 5) is 42.1. The van der Waals surface area contributed by atoms with Crippen molar-refractivity contribution in [1.29, 1.82) is 0 Å². The minimum atomic E-state index is -1.94. The first-order valence-electron chi connectivity index (χ1n) is 19.0. The van der Waals surface area contributed by atoms with Gasteiger partial charge in [-0.25, -0.2) is 0 Å². The van der Waals surface area contributed by atoms with Crippen molar-refractivity contribution >= 4 is 18.0 Å². The highest BCUT2D eigenvalue weighted by Crippen LogP contribution is 2.51. The van der Waals surface area contributed by atoms with Crippen LogP contribution in [0.25, 0.3) is 0 Å². The standard InChI is InChI=1S/C39H63NO14/c1-11-28-24(18-50-38-36(49-10)35(48-9)32(45)23(6)52-38)14-19(2)12-13-27(42)20(3)15-25-26(17-41)39(47,16-29(43)53-28)21(4)34(25)54-37-33(46)30(40(7)8)31(44)22(5)51-37/h12-14,17,20-26,28,30-38,44-47H,11,15-16,18H2,1-10H3/b13-12+,19-14+/t20-,21-,22+,23-,24-,25-,26-,28-,30-,31+,32-,33+,34-,35-,36-,37-,38-,39-/m1/s1. The molecule has 3 aliphatic heterocycles. The number of carbonyl (C=O) groups excluding carboxylic acids is 3. The SMILES string of the molecule is CC[C@H]1OC(=O)C[C@@]2(O)[C@H](C)[C@@H](O[C@H]3O[C@@H](C)[C@H](O)[C@@H](N(C)C)[C@@H]3O)[C@H](C[C@@H](C)C(=O)/C=C/C(C)=C/[C@@H]1CO[C@@H]1O[C@H](C)[C@@H](O)[C@@H](OC)[C@H]1OC)[C@H]2C=O. The number of aldehydes is 1. The van der Waals surface area contributed by atoms with Gasteiger partial charge in [-0.15, -0.1) is 0 Å². The maximum absolute atomic E-state index is 13.9. The van der Waals surface area contributed by atoms with Gasteiger partial charge in [0, 0.05) is 37.9 Å². The molecule has 1 aliphatic carbocycles. The fraction of sp³-hybridized carbons (Fsp3) is 0.821. The highest BCUT2D eigenvalue weighted by atomic mass is 16.7. The molecular weight excluding hydrogens is 706 g/mol. The molecule has 4 rings (SSSR count). The van der Waals surface area contributed by atoms with Crippen molar-refractivity contribution in [3.05, 3.63) is 23.8 Å². The molecule has 0 unspecified atom stereocenters. The van der Waals surface area contributed by atoms with E-state index in [1.165, 1.54) is 20.3 Å². The number of ketones is 1. The molecule has 3 heterocycles. The number of aliphatic hydroxyl groups is 4. The molecule has 0 spiro atoms. The van der Waals surface area contributed by atoms with Gasteiger partial charge in [0.1, 0.15) is 36.8 Å². The average molecular weight is 770 g/mol. The third kappa shape index (κ3) is 9.34. The van der Waals surface area contributed by atoms with E-state index in [0.717, 1.165) is 0 Å². The van der Waals surface area contributed by atoms with Crippen molar-refractivity contribution in [2.45, 2.75) is 140 Å². The van der Waals surface area contributed by atoms with Crippen LogP contribution in [0.1, 0.15) is 60.8 Å². The average Bonchev–Trinajstić information content (AvgIpc) is 3.30. The largest absolute Gasteiger partial charge is 0.462 e. The lowest BCUT2D eigenvalue weighted by molar-refractivity contribution is -0.304. The number of cyclic esters (lactones) is 1. The Labute approximate surface area is 318 Å². The molecular formula is C39H63NO14. The molecule has 15 nitrogen and oxygen atoms in total. The van der Waals surface area contributed by atoms with Gasteiger partial charge >= 0.3 is 5.97 Å². The molecule has 3 fully saturated rings. The second-order valence-electron chi connectivity index (χ2n) is 15.8. The molecule has 1 saturated carbocycles. The van der Waals surface area contributed by atoms with Crippen molar-refractivity contribution in [2.75, 3.05) is 34.9 Å². The zero-order valence-electron chi connectivity index (χ0n) is 33.3. The van der Waals surface area contributed by atoms with Gasteiger partial charge in [-0.1, -0.05) is 38.5 Å². The van der Waals surface area contributed by atoms with Crippen LogP contribution in [-0.4, -0.2) is 157 Å². The number of ether oxygens (including phenoxy) is 7. The predicted molar refractivity (Wildman–Crippen MR) is 194 cm³/mol. The highest BCUT2D eigenvalue weighted by molar-refractivity contribution is 5.91. The van der Waals surface area contributed by atoms with Crippen LogP contribution < -0.4 is 0 Å². The first-order chi connectivity index (χ1) is 25.4. The topological polar surface area (TPSA) is 200 Å². The van der Waals surface area contributed by atoms with Gasteiger partial charge < -0.3 is 63.3 Å². The van der Waals surface area contributed by atoms with E-state index in [0.29, 0.717) is 18.3 Å². The Morgan fingerprint density at radius 3 is 2.15 bits per heavy atom. The molecule has 4 N–H and O–H groups in total. The fourth-order valence-corrected chi connectivity index (χ4v) is 8.74. The summed E-state index contributed by atoms with van der Waals surface area (Å²) < 4.78 is 41.8. The minimum absolute atomic E-state index is 0.00844. The number of allylic oxidation sites excluding steroid dienone is 3. The van der Waals surface area contributed by atoms with Gasteiger partial charge in [-0.3, -0.25) is 9.59 Å². The molecule has 4 aliphatic rings. The monoisotopic (exact) mass is 769 g/mol. The summed E-state index contributed by atoms with van der Waals surface area (Å²) in [7, 11) is 6.36. The fourth-order valence-electron chi connectivity index (χ4n) is 8.74. The van der Waals surface area contributed by atoms with Crippen LogP contribution >= 0.6 is 0 Å². The Morgan fingerprint density at radius 1 is 0.926 bits per heavy atom. The summed E-state index contributed by atoms with van der Waals surface area (Å²) in [6.45, 7) is 10.4. The molecule has 0 aromatic carbocycles. The summed E-state index contributed by atoms with van der Waals surface area (Å²) in [5.74, 6) is -4.87. The molecule has 0 amide bonds.